The first kappa shape index (κ1) is 20.1. The van der Waals surface area contributed by atoms with E-state index in [9.17, 15) is 9.59 Å². The maximum atomic E-state index is 12.3. The number of furan rings is 1. The van der Waals surface area contributed by atoms with E-state index < -0.39 is 0 Å². The van der Waals surface area contributed by atoms with E-state index in [0.717, 1.165) is 12.1 Å². The number of rotatable bonds is 7. The summed E-state index contributed by atoms with van der Waals surface area (Å²) in [5.41, 5.74) is 2.45. The molecule has 3 aromatic rings. The molecule has 1 aromatic carbocycles. The molecule has 0 aliphatic carbocycles. The van der Waals surface area contributed by atoms with Crippen LogP contribution in [0, 0.1) is 13.8 Å². The molecule has 2 amide bonds. The summed E-state index contributed by atoms with van der Waals surface area (Å²) in [5.74, 6) is 1.01. The zero-order valence-electron chi connectivity index (χ0n) is 15.7. The van der Waals surface area contributed by atoms with Crippen LogP contribution in [0.15, 0.2) is 39.1 Å². The second kappa shape index (κ2) is 9.03. The third-order valence-electron chi connectivity index (χ3n) is 3.89. The lowest BCUT2D eigenvalue weighted by molar-refractivity contribution is -0.113. The van der Waals surface area contributed by atoms with Gasteiger partial charge in [-0.3, -0.25) is 14.9 Å². The van der Waals surface area contributed by atoms with Crippen molar-refractivity contribution in [2.75, 3.05) is 16.4 Å². The normalized spacial score (nSPS) is 10.7. The number of carbonyl (C=O) groups is 2. The summed E-state index contributed by atoms with van der Waals surface area (Å²) in [6, 6.07) is 9.44. The van der Waals surface area contributed by atoms with Crippen LogP contribution in [0.2, 0.25) is 0 Å². The molecule has 0 aliphatic rings. The summed E-state index contributed by atoms with van der Waals surface area (Å²) in [6.45, 7) is 5.60. The molecule has 0 atom stereocenters. The van der Waals surface area contributed by atoms with Gasteiger partial charge in [-0.1, -0.05) is 42.2 Å². The standard InChI is InChI=1S/C19H20N4O3S2/c1-4-13-5-7-14(8-6-13)20-16(24)10-27-19-23-22-18(28-19)21-17(25)15-9-11(2)26-12(15)3/h5-9H,4,10H2,1-3H3,(H,20,24)(H,21,22,25). The van der Waals surface area contributed by atoms with Crippen molar-refractivity contribution in [3.05, 3.63) is 53.0 Å². The Bertz CT molecular complexity index is 979. The topological polar surface area (TPSA) is 97.1 Å². The molecule has 0 spiro atoms. The average Bonchev–Trinajstić information content (AvgIpc) is 3.26. The number of hydrogen-bond acceptors (Lipinski definition) is 7. The van der Waals surface area contributed by atoms with Gasteiger partial charge in [0.15, 0.2) is 4.34 Å². The van der Waals surface area contributed by atoms with Crippen molar-refractivity contribution in [2.45, 2.75) is 31.5 Å². The van der Waals surface area contributed by atoms with Crippen molar-refractivity contribution in [2.24, 2.45) is 0 Å². The van der Waals surface area contributed by atoms with Gasteiger partial charge in [-0.25, -0.2) is 0 Å². The van der Waals surface area contributed by atoms with Gasteiger partial charge in [0.2, 0.25) is 11.0 Å². The van der Waals surface area contributed by atoms with E-state index in [2.05, 4.69) is 27.8 Å². The molecular weight excluding hydrogens is 396 g/mol. The Hall–Kier alpha value is -2.65. The van der Waals surface area contributed by atoms with Crippen molar-refractivity contribution >= 4 is 45.7 Å². The molecule has 0 radical (unpaired) electrons. The minimum atomic E-state index is -0.296. The quantitative estimate of drug-likeness (QED) is 0.440. The number of aryl methyl sites for hydroxylation is 3. The van der Waals surface area contributed by atoms with Gasteiger partial charge in [-0.2, -0.15) is 0 Å². The Kier molecular flexibility index (Phi) is 6.48. The third kappa shape index (κ3) is 5.20. The number of nitrogens with one attached hydrogen (secondary N) is 2. The Morgan fingerprint density at radius 3 is 2.54 bits per heavy atom. The molecule has 0 saturated carbocycles. The molecular formula is C19H20N4O3S2. The van der Waals surface area contributed by atoms with Crippen LogP contribution >= 0.6 is 23.1 Å². The van der Waals surface area contributed by atoms with Crippen molar-refractivity contribution in [1.82, 2.24) is 10.2 Å². The molecule has 0 aliphatic heterocycles. The summed E-state index contributed by atoms with van der Waals surface area (Å²) in [5, 5.41) is 13.9. The maximum Gasteiger partial charge on any atom is 0.261 e. The minimum Gasteiger partial charge on any atom is -0.466 e. The summed E-state index contributed by atoms with van der Waals surface area (Å²) in [4.78, 5) is 24.4. The van der Waals surface area contributed by atoms with Crippen LogP contribution in [-0.2, 0) is 11.2 Å². The van der Waals surface area contributed by atoms with Gasteiger partial charge in [-0.15, -0.1) is 10.2 Å². The Morgan fingerprint density at radius 1 is 1.14 bits per heavy atom. The van der Waals surface area contributed by atoms with Gasteiger partial charge >= 0.3 is 0 Å². The van der Waals surface area contributed by atoms with Crippen molar-refractivity contribution in [1.29, 1.82) is 0 Å². The van der Waals surface area contributed by atoms with Crippen molar-refractivity contribution < 1.29 is 14.0 Å². The summed E-state index contributed by atoms with van der Waals surface area (Å²) >= 11 is 2.49. The van der Waals surface area contributed by atoms with E-state index in [1.165, 1.54) is 28.7 Å². The fraction of sp³-hybridized carbons (Fsp3) is 0.263. The lowest BCUT2D eigenvalue weighted by atomic mass is 10.1. The van der Waals surface area contributed by atoms with Gasteiger partial charge in [0.05, 0.1) is 11.3 Å². The third-order valence-corrected chi connectivity index (χ3v) is 5.86. The van der Waals surface area contributed by atoms with E-state index in [1.807, 2.05) is 24.3 Å². The zero-order valence-corrected chi connectivity index (χ0v) is 17.4. The van der Waals surface area contributed by atoms with Crippen molar-refractivity contribution in [3.8, 4) is 0 Å². The number of amides is 2. The SMILES string of the molecule is CCc1ccc(NC(=O)CSc2nnc(NC(=O)c3cc(C)oc3C)s2)cc1. The molecule has 3 rings (SSSR count). The molecule has 9 heteroatoms. The summed E-state index contributed by atoms with van der Waals surface area (Å²) in [6.07, 6.45) is 0.958. The zero-order chi connectivity index (χ0) is 20.1. The van der Waals surface area contributed by atoms with E-state index in [0.29, 0.717) is 26.6 Å². The average molecular weight is 417 g/mol. The minimum absolute atomic E-state index is 0.125. The molecule has 2 aromatic heterocycles. The predicted octanol–water partition coefficient (Wildman–Crippen LogP) is 4.29. The molecule has 2 N–H and O–H groups in total. The lowest BCUT2D eigenvalue weighted by Crippen LogP contribution is -2.13. The monoisotopic (exact) mass is 416 g/mol. The highest BCUT2D eigenvalue weighted by molar-refractivity contribution is 8.01. The van der Waals surface area contributed by atoms with Gasteiger partial charge in [0, 0.05) is 5.69 Å². The van der Waals surface area contributed by atoms with Gasteiger partial charge < -0.3 is 9.73 Å². The van der Waals surface area contributed by atoms with Crippen LogP contribution in [0.5, 0.6) is 0 Å². The molecule has 7 nitrogen and oxygen atoms in total. The molecule has 0 unspecified atom stereocenters. The molecule has 146 valence electrons. The van der Waals surface area contributed by atoms with E-state index >= 15 is 0 Å². The Morgan fingerprint density at radius 2 is 1.89 bits per heavy atom. The van der Waals surface area contributed by atoms with Crippen LogP contribution in [0.25, 0.3) is 0 Å². The molecule has 0 fully saturated rings. The largest absolute Gasteiger partial charge is 0.466 e. The fourth-order valence-corrected chi connectivity index (χ4v) is 4.03. The predicted molar refractivity (Wildman–Crippen MR) is 111 cm³/mol. The van der Waals surface area contributed by atoms with E-state index in [4.69, 9.17) is 4.42 Å². The Labute approximate surface area is 170 Å². The van der Waals surface area contributed by atoms with Crippen LogP contribution in [-0.4, -0.2) is 27.8 Å². The van der Waals surface area contributed by atoms with E-state index in [-0.39, 0.29) is 17.6 Å². The Balaban J connectivity index is 1.50. The van der Waals surface area contributed by atoms with Crippen LogP contribution in [0.3, 0.4) is 0 Å². The number of benzene rings is 1. The molecule has 0 saturated heterocycles. The van der Waals surface area contributed by atoms with Gasteiger partial charge in [0.1, 0.15) is 11.5 Å². The van der Waals surface area contributed by atoms with Crippen molar-refractivity contribution in [3.63, 3.8) is 0 Å². The second-order valence-electron chi connectivity index (χ2n) is 6.04. The summed E-state index contributed by atoms with van der Waals surface area (Å²) < 4.78 is 5.97. The smallest absolute Gasteiger partial charge is 0.261 e. The molecule has 2 heterocycles. The number of carbonyl (C=O) groups excluding carboxylic acids is 2. The highest BCUT2D eigenvalue weighted by atomic mass is 32.2. The first-order valence-corrected chi connectivity index (χ1v) is 10.5. The lowest BCUT2D eigenvalue weighted by Gasteiger charge is -2.05. The van der Waals surface area contributed by atoms with Crippen LogP contribution in [0.4, 0.5) is 10.8 Å². The van der Waals surface area contributed by atoms with Gasteiger partial charge in [0.25, 0.3) is 5.91 Å². The number of nitrogens with zero attached hydrogens (tertiary/aromatic N) is 2. The first-order chi connectivity index (χ1) is 13.4. The molecule has 28 heavy (non-hydrogen) atoms. The van der Waals surface area contributed by atoms with Crippen LogP contribution < -0.4 is 10.6 Å². The number of aromatic nitrogens is 2. The number of hydrogen-bond donors (Lipinski definition) is 2. The number of anilines is 2. The fourth-order valence-electron chi connectivity index (χ4n) is 2.49. The maximum absolute atomic E-state index is 12.3. The van der Waals surface area contributed by atoms with Crippen LogP contribution in [0.1, 0.15) is 34.4 Å². The summed E-state index contributed by atoms with van der Waals surface area (Å²) in [7, 11) is 0. The van der Waals surface area contributed by atoms with Gasteiger partial charge in [-0.05, 0) is 44.0 Å². The second-order valence-corrected chi connectivity index (χ2v) is 8.24. The van der Waals surface area contributed by atoms with E-state index in [1.54, 1.807) is 19.9 Å². The first-order valence-electron chi connectivity index (χ1n) is 8.68. The molecule has 0 bridgehead atoms. The highest BCUT2D eigenvalue weighted by Crippen LogP contribution is 2.26. The highest BCUT2D eigenvalue weighted by Gasteiger charge is 2.16. The number of thioether (sulfide) groups is 1.